The number of anilines is 1. The molecule has 0 aromatic heterocycles. The minimum absolute atomic E-state index is 0.0321. The number of hydrogen-bond acceptors (Lipinski definition) is 3. The Balaban J connectivity index is 1.81. The Kier molecular flexibility index (Phi) is 4.91. The molecule has 1 aliphatic heterocycles. The summed E-state index contributed by atoms with van der Waals surface area (Å²) in [4.78, 5) is 15.9. The molecule has 2 unspecified atom stereocenters. The zero-order valence-corrected chi connectivity index (χ0v) is 16.2. The smallest absolute Gasteiger partial charge is 0.172 e. The molecule has 0 radical (unpaired) electrons. The van der Waals surface area contributed by atoms with Crippen LogP contribution in [0.25, 0.3) is 0 Å². The van der Waals surface area contributed by atoms with E-state index in [9.17, 15) is 9.90 Å². The molecule has 28 heavy (non-hydrogen) atoms. The number of fused-ring (bicyclic) bond motifs is 1. The van der Waals surface area contributed by atoms with Gasteiger partial charge < -0.3 is 10.0 Å². The first-order valence-electron chi connectivity index (χ1n) is 9.79. The van der Waals surface area contributed by atoms with E-state index in [1.165, 1.54) is 5.56 Å². The molecule has 0 fully saturated rings. The molecule has 0 spiro atoms. The summed E-state index contributed by atoms with van der Waals surface area (Å²) in [6, 6.07) is 25.3. The maximum atomic E-state index is 13.5. The minimum Gasteiger partial charge on any atom is -0.508 e. The predicted octanol–water partition coefficient (Wildman–Crippen LogP) is 5.40. The Bertz CT molecular complexity index is 966. The van der Waals surface area contributed by atoms with Crippen molar-refractivity contribution < 1.29 is 9.90 Å². The van der Waals surface area contributed by atoms with Gasteiger partial charge in [0.1, 0.15) is 5.75 Å². The molecule has 142 valence electrons. The fourth-order valence-electron chi connectivity index (χ4n) is 4.37. The number of phenols is 1. The second-order valence-corrected chi connectivity index (χ2v) is 7.80. The first-order valence-corrected chi connectivity index (χ1v) is 9.79. The Morgan fingerprint density at radius 1 is 0.964 bits per heavy atom. The number of rotatable bonds is 5. The van der Waals surface area contributed by atoms with Gasteiger partial charge in [-0.1, -0.05) is 74.5 Å². The molecular formula is C25H25NO2. The van der Waals surface area contributed by atoms with E-state index >= 15 is 0 Å². The molecule has 0 aliphatic carbocycles. The monoisotopic (exact) mass is 371 g/mol. The third-order valence-electron chi connectivity index (χ3n) is 5.58. The van der Waals surface area contributed by atoms with E-state index < -0.39 is 0 Å². The number of nitrogens with zero attached hydrogens (tertiary/aromatic N) is 1. The van der Waals surface area contributed by atoms with E-state index in [4.69, 9.17) is 0 Å². The number of benzene rings is 3. The minimum atomic E-state index is -0.298. The van der Waals surface area contributed by atoms with Crippen LogP contribution in [0.2, 0.25) is 0 Å². The van der Waals surface area contributed by atoms with E-state index in [1.807, 2.05) is 54.6 Å². The summed E-state index contributed by atoms with van der Waals surface area (Å²) < 4.78 is 0. The fraction of sp³-hybridized carbons (Fsp3) is 0.240. The maximum Gasteiger partial charge on any atom is 0.172 e. The zero-order valence-electron chi connectivity index (χ0n) is 16.2. The molecule has 0 saturated carbocycles. The van der Waals surface area contributed by atoms with Gasteiger partial charge in [0.05, 0.1) is 5.92 Å². The fourth-order valence-corrected chi connectivity index (χ4v) is 4.37. The standard InChI is InChI=1S/C25H25NO2/c1-17(2)24-23(25(28)19-11-7-4-8-12-19)21-15-20(27)13-14-22(21)26(24)16-18-9-5-3-6-10-18/h3-15,17,23-24,27H,16H2,1-2H3. The Morgan fingerprint density at radius 3 is 2.25 bits per heavy atom. The summed E-state index contributed by atoms with van der Waals surface area (Å²) in [5.41, 5.74) is 3.88. The summed E-state index contributed by atoms with van der Waals surface area (Å²) in [6.45, 7) is 5.07. The topological polar surface area (TPSA) is 40.5 Å². The lowest BCUT2D eigenvalue weighted by Gasteiger charge is -2.33. The Morgan fingerprint density at radius 2 is 1.61 bits per heavy atom. The molecule has 0 saturated heterocycles. The van der Waals surface area contributed by atoms with Crippen molar-refractivity contribution in [2.24, 2.45) is 5.92 Å². The molecule has 0 amide bonds. The first-order chi connectivity index (χ1) is 13.6. The molecule has 2 atom stereocenters. The van der Waals surface area contributed by atoms with Gasteiger partial charge in [-0.15, -0.1) is 0 Å². The summed E-state index contributed by atoms with van der Waals surface area (Å²) in [5.74, 6) is 0.291. The number of ketones is 1. The average molecular weight is 371 g/mol. The highest BCUT2D eigenvalue weighted by Gasteiger charge is 2.44. The van der Waals surface area contributed by atoms with Gasteiger partial charge in [-0.25, -0.2) is 0 Å². The molecule has 1 aliphatic rings. The number of phenolic OH excluding ortho intramolecular Hbond substituents is 1. The summed E-state index contributed by atoms with van der Waals surface area (Å²) >= 11 is 0. The Hall–Kier alpha value is -3.07. The quantitative estimate of drug-likeness (QED) is 0.610. The molecule has 3 aromatic carbocycles. The van der Waals surface area contributed by atoms with Crippen LogP contribution < -0.4 is 4.90 Å². The van der Waals surface area contributed by atoms with Gasteiger partial charge in [0, 0.05) is 23.8 Å². The van der Waals surface area contributed by atoms with E-state index in [2.05, 4.69) is 30.9 Å². The SMILES string of the molecule is CC(C)C1C(C(=O)c2ccccc2)c2cc(O)ccc2N1Cc1ccccc1. The van der Waals surface area contributed by atoms with Crippen LogP contribution in [0.4, 0.5) is 5.69 Å². The highest BCUT2D eigenvalue weighted by atomic mass is 16.3. The lowest BCUT2D eigenvalue weighted by Crippen LogP contribution is -2.40. The van der Waals surface area contributed by atoms with Crippen LogP contribution in [0.3, 0.4) is 0 Å². The van der Waals surface area contributed by atoms with E-state index in [-0.39, 0.29) is 29.4 Å². The van der Waals surface area contributed by atoms with Crippen molar-refractivity contribution in [3.63, 3.8) is 0 Å². The number of Topliss-reactive ketones (excluding diaryl/α,β-unsaturated/α-hetero) is 1. The lowest BCUT2D eigenvalue weighted by atomic mass is 9.82. The normalized spacial score (nSPS) is 18.3. The van der Waals surface area contributed by atoms with Crippen LogP contribution in [0.5, 0.6) is 5.75 Å². The predicted molar refractivity (Wildman–Crippen MR) is 113 cm³/mol. The molecule has 1 heterocycles. The van der Waals surface area contributed by atoms with E-state index in [1.54, 1.807) is 12.1 Å². The van der Waals surface area contributed by atoms with Crippen molar-refractivity contribution in [2.75, 3.05) is 4.90 Å². The van der Waals surface area contributed by atoms with Crippen molar-refractivity contribution in [2.45, 2.75) is 32.4 Å². The number of carbonyl (C=O) groups is 1. The molecule has 3 aromatic rings. The van der Waals surface area contributed by atoms with Crippen LogP contribution in [-0.2, 0) is 6.54 Å². The van der Waals surface area contributed by atoms with Crippen LogP contribution in [0, 0.1) is 5.92 Å². The van der Waals surface area contributed by atoms with E-state index in [0.29, 0.717) is 5.56 Å². The van der Waals surface area contributed by atoms with Crippen molar-refractivity contribution in [3.8, 4) is 5.75 Å². The van der Waals surface area contributed by atoms with Crippen molar-refractivity contribution >= 4 is 11.5 Å². The summed E-state index contributed by atoms with van der Waals surface area (Å²) in [6.07, 6.45) is 0. The lowest BCUT2D eigenvalue weighted by molar-refractivity contribution is 0.0941. The first kappa shape index (κ1) is 18.3. The molecule has 0 bridgehead atoms. The largest absolute Gasteiger partial charge is 0.508 e. The zero-order chi connectivity index (χ0) is 19.7. The van der Waals surface area contributed by atoms with Crippen LogP contribution in [0.15, 0.2) is 78.9 Å². The van der Waals surface area contributed by atoms with Gasteiger partial charge in [0.25, 0.3) is 0 Å². The summed E-state index contributed by atoms with van der Waals surface area (Å²) in [5, 5.41) is 10.1. The molecule has 3 heteroatoms. The molecule has 1 N–H and O–H groups in total. The van der Waals surface area contributed by atoms with Crippen LogP contribution in [-0.4, -0.2) is 16.9 Å². The van der Waals surface area contributed by atoms with Crippen molar-refractivity contribution in [1.82, 2.24) is 0 Å². The van der Waals surface area contributed by atoms with Crippen LogP contribution >= 0.6 is 0 Å². The van der Waals surface area contributed by atoms with Crippen LogP contribution in [0.1, 0.15) is 41.3 Å². The number of aromatic hydroxyl groups is 1. The number of hydrogen-bond donors (Lipinski definition) is 1. The van der Waals surface area contributed by atoms with E-state index in [0.717, 1.165) is 17.8 Å². The summed E-state index contributed by atoms with van der Waals surface area (Å²) in [7, 11) is 0. The van der Waals surface area contributed by atoms with Gasteiger partial charge in [-0.3, -0.25) is 4.79 Å². The van der Waals surface area contributed by atoms with Crippen molar-refractivity contribution in [1.29, 1.82) is 0 Å². The average Bonchev–Trinajstić information content (AvgIpc) is 3.02. The maximum absolute atomic E-state index is 13.5. The third kappa shape index (κ3) is 3.29. The second kappa shape index (κ2) is 7.51. The second-order valence-electron chi connectivity index (χ2n) is 7.80. The van der Waals surface area contributed by atoms with Crippen molar-refractivity contribution in [3.05, 3.63) is 95.6 Å². The Labute approximate surface area is 166 Å². The van der Waals surface area contributed by atoms with Gasteiger partial charge in [0.15, 0.2) is 5.78 Å². The van der Waals surface area contributed by atoms with Gasteiger partial charge in [-0.2, -0.15) is 0 Å². The highest BCUT2D eigenvalue weighted by molar-refractivity contribution is 6.03. The highest BCUT2D eigenvalue weighted by Crippen LogP contribution is 2.47. The van der Waals surface area contributed by atoms with Gasteiger partial charge >= 0.3 is 0 Å². The van der Waals surface area contributed by atoms with Gasteiger partial charge in [-0.05, 0) is 35.2 Å². The number of carbonyl (C=O) groups excluding carboxylic acids is 1. The third-order valence-corrected chi connectivity index (χ3v) is 5.58. The molecule has 4 rings (SSSR count). The molecule has 3 nitrogen and oxygen atoms in total. The van der Waals surface area contributed by atoms with Gasteiger partial charge in [0.2, 0.25) is 0 Å². The molecular weight excluding hydrogens is 346 g/mol.